The molecular weight excluding hydrogens is 176 g/mol. The summed E-state index contributed by atoms with van der Waals surface area (Å²) in [5.41, 5.74) is 8.18. The second kappa shape index (κ2) is 4.03. The van der Waals surface area contributed by atoms with Crippen LogP contribution in [0.25, 0.3) is 0 Å². The summed E-state index contributed by atoms with van der Waals surface area (Å²) < 4.78 is 0. The Balaban J connectivity index is 3.32. The zero-order valence-electron chi connectivity index (χ0n) is 8.29. The smallest absolute Gasteiger partial charge is 0.176 e. The van der Waals surface area contributed by atoms with Crippen LogP contribution in [0.4, 0.5) is 0 Å². The maximum atomic E-state index is 11.3. The average Bonchev–Trinajstić information content (AvgIpc) is 2.20. The molecule has 0 heterocycles. The fraction of sp³-hybridized carbons (Fsp3) is 0.273. The van der Waals surface area contributed by atoms with Crippen molar-refractivity contribution in [2.75, 3.05) is 6.54 Å². The van der Waals surface area contributed by atoms with Gasteiger partial charge in [0.2, 0.25) is 0 Å². The number of nitrogens with two attached hydrogens (primary N) is 1. The van der Waals surface area contributed by atoms with Crippen molar-refractivity contribution in [1.29, 1.82) is 5.26 Å². The minimum atomic E-state index is -0.135. The summed E-state index contributed by atoms with van der Waals surface area (Å²) >= 11 is 0. The molecule has 0 amide bonds. The zero-order valence-corrected chi connectivity index (χ0v) is 8.29. The number of Topliss-reactive ketones (excluding diaryl/α,β-unsaturated/α-hetero) is 1. The molecule has 0 spiro atoms. The van der Waals surface area contributed by atoms with Crippen LogP contribution >= 0.6 is 0 Å². The second-order valence-electron chi connectivity index (χ2n) is 3.20. The highest BCUT2D eigenvalue weighted by atomic mass is 16.1. The lowest BCUT2D eigenvalue weighted by Crippen LogP contribution is -2.14. The summed E-state index contributed by atoms with van der Waals surface area (Å²) in [4.78, 5) is 11.3. The molecule has 0 saturated heterocycles. The van der Waals surface area contributed by atoms with E-state index in [1.54, 1.807) is 12.1 Å². The first-order chi connectivity index (χ1) is 6.60. The fourth-order valence-electron chi connectivity index (χ4n) is 1.25. The number of nitrogens with zero attached hydrogens (tertiary/aromatic N) is 1. The molecule has 0 bridgehead atoms. The molecule has 1 aromatic rings. The predicted molar refractivity (Wildman–Crippen MR) is 54.0 cm³/mol. The summed E-state index contributed by atoms with van der Waals surface area (Å²) in [6.07, 6.45) is 0. The zero-order chi connectivity index (χ0) is 10.7. The third kappa shape index (κ3) is 1.81. The Morgan fingerprint density at radius 1 is 1.50 bits per heavy atom. The SMILES string of the molecule is Cc1cc(C(=O)CN)cc(C#N)c1C. The molecule has 72 valence electrons. The maximum Gasteiger partial charge on any atom is 0.176 e. The van der Waals surface area contributed by atoms with E-state index in [-0.39, 0.29) is 12.3 Å². The van der Waals surface area contributed by atoms with Gasteiger partial charge in [-0.2, -0.15) is 5.26 Å². The third-order valence-corrected chi connectivity index (χ3v) is 2.30. The van der Waals surface area contributed by atoms with Crippen molar-refractivity contribution in [3.8, 4) is 6.07 Å². The molecule has 0 saturated carbocycles. The van der Waals surface area contributed by atoms with Crippen molar-refractivity contribution in [2.24, 2.45) is 5.73 Å². The van der Waals surface area contributed by atoms with Crippen LogP contribution in [0.5, 0.6) is 0 Å². The number of ketones is 1. The summed E-state index contributed by atoms with van der Waals surface area (Å²) in [6.45, 7) is 3.72. The predicted octanol–water partition coefficient (Wildman–Crippen LogP) is 1.32. The monoisotopic (exact) mass is 188 g/mol. The lowest BCUT2D eigenvalue weighted by atomic mass is 9.98. The topological polar surface area (TPSA) is 66.9 Å². The van der Waals surface area contributed by atoms with E-state index in [0.29, 0.717) is 11.1 Å². The molecule has 3 nitrogen and oxygen atoms in total. The van der Waals surface area contributed by atoms with E-state index >= 15 is 0 Å². The molecule has 3 heteroatoms. The number of nitriles is 1. The molecule has 0 aliphatic heterocycles. The Bertz CT molecular complexity index is 416. The number of aryl methyl sites for hydroxylation is 1. The highest BCUT2D eigenvalue weighted by molar-refractivity contribution is 5.98. The van der Waals surface area contributed by atoms with Crippen molar-refractivity contribution >= 4 is 5.78 Å². The van der Waals surface area contributed by atoms with Gasteiger partial charge in [0.1, 0.15) is 0 Å². The lowest BCUT2D eigenvalue weighted by Gasteiger charge is -2.05. The average molecular weight is 188 g/mol. The van der Waals surface area contributed by atoms with Gasteiger partial charge in [-0.25, -0.2) is 0 Å². The van der Waals surface area contributed by atoms with Gasteiger partial charge < -0.3 is 5.73 Å². The maximum absolute atomic E-state index is 11.3. The summed E-state index contributed by atoms with van der Waals surface area (Å²) in [5, 5.41) is 8.83. The van der Waals surface area contributed by atoms with Gasteiger partial charge in [0.15, 0.2) is 5.78 Å². The van der Waals surface area contributed by atoms with Crippen molar-refractivity contribution in [3.05, 3.63) is 34.4 Å². The molecule has 0 unspecified atom stereocenters. The minimum Gasteiger partial charge on any atom is -0.324 e. The van der Waals surface area contributed by atoms with Crippen molar-refractivity contribution in [3.63, 3.8) is 0 Å². The van der Waals surface area contributed by atoms with Crippen LogP contribution in [0.15, 0.2) is 12.1 Å². The second-order valence-corrected chi connectivity index (χ2v) is 3.20. The first kappa shape index (κ1) is 10.4. The molecule has 0 aliphatic rings. The highest BCUT2D eigenvalue weighted by Gasteiger charge is 2.08. The van der Waals surface area contributed by atoms with Crippen molar-refractivity contribution < 1.29 is 4.79 Å². The molecule has 14 heavy (non-hydrogen) atoms. The fourth-order valence-corrected chi connectivity index (χ4v) is 1.25. The van der Waals surface area contributed by atoms with Crippen molar-refractivity contribution in [2.45, 2.75) is 13.8 Å². The van der Waals surface area contributed by atoms with Crippen LogP contribution in [0.1, 0.15) is 27.0 Å². The molecular formula is C11H12N2O. The van der Waals surface area contributed by atoms with Gasteiger partial charge in [-0.3, -0.25) is 4.79 Å². The number of hydrogen-bond acceptors (Lipinski definition) is 3. The number of benzene rings is 1. The Hall–Kier alpha value is -1.66. The van der Waals surface area contributed by atoms with E-state index in [1.165, 1.54) is 0 Å². The van der Waals surface area contributed by atoms with Crippen LogP contribution in [-0.2, 0) is 0 Å². The summed E-state index contributed by atoms with van der Waals surface area (Å²) in [6, 6.07) is 5.43. The van der Waals surface area contributed by atoms with E-state index in [0.717, 1.165) is 11.1 Å². The summed E-state index contributed by atoms with van der Waals surface area (Å²) in [5.74, 6) is -0.135. The van der Waals surface area contributed by atoms with Gasteiger partial charge in [0.05, 0.1) is 18.2 Å². The molecule has 1 aromatic carbocycles. The molecule has 1 rings (SSSR count). The first-order valence-corrected chi connectivity index (χ1v) is 4.34. The normalized spacial score (nSPS) is 9.57. The van der Waals surface area contributed by atoms with Crippen LogP contribution < -0.4 is 5.73 Å². The van der Waals surface area contributed by atoms with Gasteiger partial charge in [0.25, 0.3) is 0 Å². The number of carbonyl (C=O) groups excluding carboxylic acids is 1. The van der Waals surface area contributed by atoms with E-state index in [1.807, 2.05) is 13.8 Å². The number of hydrogen-bond donors (Lipinski definition) is 1. The molecule has 0 radical (unpaired) electrons. The molecule has 0 atom stereocenters. The quantitative estimate of drug-likeness (QED) is 0.711. The summed E-state index contributed by atoms with van der Waals surface area (Å²) in [7, 11) is 0. The largest absolute Gasteiger partial charge is 0.324 e. The van der Waals surface area contributed by atoms with Gasteiger partial charge >= 0.3 is 0 Å². The molecule has 0 fully saturated rings. The molecule has 0 aromatic heterocycles. The van der Waals surface area contributed by atoms with Gasteiger partial charge in [-0.1, -0.05) is 0 Å². The highest BCUT2D eigenvalue weighted by Crippen LogP contribution is 2.15. The Labute approximate surface area is 83.2 Å². The Morgan fingerprint density at radius 3 is 2.64 bits per heavy atom. The number of carbonyl (C=O) groups is 1. The van der Waals surface area contributed by atoms with Gasteiger partial charge in [-0.05, 0) is 37.1 Å². The van der Waals surface area contributed by atoms with Crippen LogP contribution in [0.2, 0.25) is 0 Å². The van der Waals surface area contributed by atoms with E-state index in [9.17, 15) is 4.79 Å². The Morgan fingerprint density at radius 2 is 2.14 bits per heavy atom. The van der Waals surface area contributed by atoms with Gasteiger partial charge in [-0.15, -0.1) is 0 Å². The van der Waals surface area contributed by atoms with Crippen LogP contribution in [-0.4, -0.2) is 12.3 Å². The van der Waals surface area contributed by atoms with Crippen LogP contribution in [0, 0.1) is 25.2 Å². The van der Waals surface area contributed by atoms with Crippen molar-refractivity contribution in [1.82, 2.24) is 0 Å². The molecule has 2 N–H and O–H groups in total. The first-order valence-electron chi connectivity index (χ1n) is 4.34. The molecule has 0 aliphatic carbocycles. The Kier molecular flexibility index (Phi) is 3.00. The lowest BCUT2D eigenvalue weighted by molar-refractivity contribution is 0.100. The van der Waals surface area contributed by atoms with Crippen LogP contribution in [0.3, 0.4) is 0 Å². The number of rotatable bonds is 2. The van der Waals surface area contributed by atoms with Gasteiger partial charge in [0, 0.05) is 5.56 Å². The standard InChI is InChI=1S/C11H12N2O/c1-7-3-9(11(14)6-13)4-10(5-12)8(7)2/h3-4H,6,13H2,1-2H3. The third-order valence-electron chi connectivity index (χ3n) is 2.30. The van der Waals surface area contributed by atoms with E-state index in [4.69, 9.17) is 11.0 Å². The van der Waals surface area contributed by atoms with E-state index in [2.05, 4.69) is 6.07 Å². The minimum absolute atomic E-state index is 0.0205. The van der Waals surface area contributed by atoms with E-state index < -0.39 is 0 Å².